The van der Waals surface area contributed by atoms with Gasteiger partial charge in [-0.25, -0.2) is 0 Å². The standard InChI is InChI=1S/C15H29N3O/c1-4-13-5-6-16-14(11-13)15(19)18-9-7-17(8-10-18)12(2)3/h12-14,16H,4-11H2,1-3H3. The Morgan fingerprint density at radius 1 is 1.26 bits per heavy atom. The number of carbonyl (C=O) groups excluding carboxylic acids is 1. The second-order valence-electron chi connectivity index (χ2n) is 6.26. The van der Waals surface area contributed by atoms with Gasteiger partial charge in [0.15, 0.2) is 0 Å². The first-order chi connectivity index (χ1) is 9.11. The lowest BCUT2D eigenvalue weighted by Gasteiger charge is -2.39. The zero-order valence-electron chi connectivity index (χ0n) is 12.7. The van der Waals surface area contributed by atoms with Crippen molar-refractivity contribution in [2.75, 3.05) is 32.7 Å². The van der Waals surface area contributed by atoms with Crippen molar-refractivity contribution in [2.24, 2.45) is 5.92 Å². The molecule has 0 aromatic carbocycles. The maximum absolute atomic E-state index is 12.5. The van der Waals surface area contributed by atoms with Gasteiger partial charge in [0.2, 0.25) is 5.91 Å². The lowest BCUT2D eigenvalue weighted by atomic mass is 9.90. The zero-order valence-corrected chi connectivity index (χ0v) is 12.7. The van der Waals surface area contributed by atoms with Gasteiger partial charge >= 0.3 is 0 Å². The van der Waals surface area contributed by atoms with Gasteiger partial charge in [-0.1, -0.05) is 13.3 Å². The van der Waals surface area contributed by atoms with Crippen LogP contribution in [0.2, 0.25) is 0 Å². The van der Waals surface area contributed by atoms with E-state index in [2.05, 4.69) is 35.9 Å². The number of amides is 1. The Morgan fingerprint density at radius 3 is 2.53 bits per heavy atom. The second kappa shape index (κ2) is 6.71. The van der Waals surface area contributed by atoms with E-state index < -0.39 is 0 Å². The number of carbonyl (C=O) groups is 1. The van der Waals surface area contributed by atoms with Crippen LogP contribution in [0.3, 0.4) is 0 Å². The van der Waals surface area contributed by atoms with Gasteiger partial charge in [0.25, 0.3) is 0 Å². The second-order valence-corrected chi connectivity index (χ2v) is 6.26. The Balaban J connectivity index is 1.83. The first kappa shape index (κ1) is 14.8. The van der Waals surface area contributed by atoms with Crippen molar-refractivity contribution in [1.82, 2.24) is 15.1 Å². The molecular formula is C15H29N3O. The summed E-state index contributed by atoms with van der Waals surface area (Å²) in [6.07, 6.45) is 3.45. The Bertz CT molecular complexity index is 298. The van der Waals surface area contributed by atoms with Gasteiger partial charge in [0, 0.05) is 32.2 Å². The molecule has 2 saturated heterocycles. The van der Waals surface area contributed by atoms with Crippen LogP contribution in [0.1, 0.15) is 40.0 Å². The van der Waals surface area contributed by atoms with Crippen LogP contribution in [0, 0.1) is 5.92 Å². The molecule has 1 N–H and O–H groups in total. The van der Waals surface area contributed by atoms with Crippen LogP contribution in [0.25, 0.3) is 0 Å². The first-order valence-corrected chi connectivity index (χ1v) is 7.88. The molecule has 2 heterocycles. The third-order valence-corrected chi connectivity index (χ3v) is 4.74. The largest absolute Gasteiger partial charge is 0.339 e. The number of rotatable bonds is 3. The van der Waals surface area contributed by atoms with E-state index in [1.54, 1.807) is 0 Å². The highest BCUT2D eigenvalue weighted by Gasteiger charge is 2.31. The minimum Gasteiger partial charge on any atom is -0.339 e. The SMILES string of the molecule is CCC1CCNC(C(=O)N2CCN(C(C)C)CC2)C1. The van der Waals surface area contributed by atoms with Crippen LogP contribution in [-0.4, -0.2) is 60.5 Å². The first-order valence-electron chi connectivity index (χ1n) is 7.88. The lowest BCUT2D eigenvalue weighted by molar-refractivity contribution is -0.136. The molecule has 4 heteroatoms. The third-order valence-electron chi connectivity index (χ3n) is 4.74. The fourth-order valence-corrected chi connectivity index (χ4v) is 3.23. The van der Waals surface area contributed by atoms with E-state index in [0.29, 0.717) is 11.9 Å². The maximum Gasteiger partial charge on any atom is 0.239 e. The highest BCUT2D eigenvalue weighted by atomic mass is 16.2. The van der Waals surface area contributed by atoms with Gasteiger partial charge in [-0.3, -0.25) is 9.69 Å². The number of nitrogens with one attached hydrogen (secondary N) is 1. The van der Waals surface area contributed by atoms with Crippen LogP contribution in [0.15, 0.2) is 0 Å². The highest BCUT2D eigenvalue weighted by Crippen LogP contribution is 2.21. The molecule has 0 bridgehead atoms. The van der Waals surface area contributed by atoms with Gasteiger partial charge in [-0.2, -0.15) is 0 Å². The van der Waals surface area contributed by atoms with Crippen molar-refractivity contribution in [3.8, 4) is 0 Å². The Hall–Kier alpha value is -0.610. The van der Waals surface area contributed by atoms with Crippen LogP contribution >= 0.6 is 0 Å². The average molecular weight is 267 g/mol. The predicted molar refractivity (Wildman–Crippen MR) is 78.1 cm³/mol. The summed E-state index contributed by atoms with van der Waals surface area (Å²) < 4.78 is 0. The minimum atomic E-state index is 0.0734. The van der Waals surface area contributed by atoms with E-state index in [9.17, 15) is 4.79 Å². The molecule has 2 aliphatic rings. The smallest absolute Gasteiger partial charge is 0.239 e. The van der Waals surface area contributed by atoms with Crippen molar-refractivity contribution in [3.63, 3.8) is 0 Å². The molecule has 2 fully saturated rings. The molecule has 2 rings (SSSR count). The Morgan fingerprint density at radius 2 is 1.95 bits per heavy atom. The lowest BCUT2D eigenvalue weighted by Crippen LogP contribution is -2.56. The molecule has 0 radical (unpaired) electrons. The van der Waals surface area contributed by atoms with Crippen molar-refractivity contribution in [3.05, 3.63) is 0 Å². The average Bonchev–Trinajstić information content (AvgIpc) is 2.46. The Labute approximate surface area is 117 Å². The van der Waals surface area contributed by atoms with Gasteiger partial charge < -0.3 is 10.2 Å². The topological polar surface area (TPSA) is 35.6 Å². The Kier molecular flexibility index (Phi) is 5.22. The molecular weight excluding hydrogens is 238 g/mol. The maximum atomic E-state index is 12.5. The summed E-state index contributed by atoms with van der Waals surface area (Å²) in [5, 5.41) is 3.41. The number of hydrogen-bond acceptors (Lipinski definition) is 3. The van der Waals surface area contributed by atoms with Crippen molar-refractivity contribution in [1.29, 1.82) is 0 Å². The summed E-state index contributed by atoms with van der Waals surface area (Å²) in [6.45, 7) is 11.5. The molecule has 0 spiro atoms. The summed E-state index contributed by atoms with van der Waals surface area (Å²) in [6, 6.07) is 0.666. The van der Waals surface area contributed by atoms with E-state index in [-0.39, 0.29) is 6.04 Å². The molecule has 110 valence electrons. The van der Waals surface area contributed by atoms with Crippen molar-refractivity contribution < 1.29 is 4.79 Å². The highest BCUT2D eigenvalue weighted by molar-refractivity contribution is 5.82. The predicted octanol–water partition coefficient (Wildman–Crippen LogP) is 1.32. The van der Waals surface area contributed by atoms with E-state index >= 15 is 0 Å². The van der Waals surface area contributed by atoms with Crippen molar-refractivity contribution >= 4 is 5.91 Å². The molecule has 0 aromatic heterocycles. The fourth-order valence-electron chi connectivity index (χ4n) is 3.23. The van der Waals surface area contributed by atoms with Crippen LogP contribution in [-0.2, 0) is 4.79 Å². The summed E-state index contributed by atoms with van der Waals surface area (Å²) in [4.78, 5) is 17.1. The molecule has 19 heavy (non-hydrogen) atoms. The van der Waals surface area contributed by atoms with E-state index in [1.807, 2.05) is 0 Å². The monoisotopic (exact) mass is 267 g/mol. The van der Waals surface area contributed by atoms with Gasteiger partial charge in [0.05, 0.1) is 6.04 Å². The van der Waals surface area contributed by atoms with E-state index in [1.165, 1.54) is 12.8 Å². The number of piperidine rings is 1. The van der Waals surface area contributed by atoms with Crippen molar-refractivity contribution in [2.45, 2.75) is 52.1 Å². The number of hydrogen-bond donors (Lipinski definition) is 1. The van der Waals surface area contributed by atoms with Crippen LogP contribution in [0.4, 0.5) is 0 Å². The number of piperazine rings is 1. The quantitative estimate of drug-likeness (QED) is 0.837. The van der Waals surface area contributed by atoms with Gasteiger partial charge in [-0.05, 0) is 39.2 Å². The molecule has 4 nitrogen and oxygen atoms in total. The molecule has 0 saturated carbocycles. The van der Waals surface area contributed by atoms with Crippen LogP contribution < -0.4 is 5.32 Å². The number of nitrogens with zero attached hydrogens (tertiary/aromatic N) is 2. The normalized spacial score (nSPS) is 29.8. The molecule has 1 amide bonds. The minimum absolute atomic E-state index is 0.0734. The van der Waals surface area contributed by atoms with E-state index in [0.717, 1.165) is 45.1 Å². The van der Waals surface area contributed by atoms with Gasteiger partial charge in [-0.15, -0.1) is 0 Å². The zero-order chi connectivity index (χ0) is 13.8. The van der Waals surface area contributed by atoms with Gasteiger partial charge in [0.1, 0.15) is 0 Å². The summed E-state index contributed by atoms with van der Waals surface area (Å²) in [7, 11) is 0. The molecule has 0 aromatic rings. The fraction of sp³-hybridized carbons (Fsp3) is 0.933. The summed E-state index contributed by atoms with van der Waals surface area (Å²) in [5.41, 5.74) is 0. The third kappa shape index (κ3) is 3.69. The molecule has 2 unspecified atom stereocenters. The van der Waals surface area contributed by atoms with E-state index in [4.69, 9.17) is 0 Å². The summed E-state index contributed by atoms with van der Waals surface area (Å²) in [5.74, 6) is 1.06. The molecule has 2 aliphatic heterocycles. The molecule has 2 atom stereocenters. The van der Waals surface area contributed by atoms with Crippen LogP contribution in [0.5, 0.6) is 0 Å². The summed E-state index contributed by atoms with van der Waals surface area (Å²) >= 11 is 0. The molecule has 0 aliphatic carbocycles.